The average Bonchev–Trinajstić information content (AvgIpc) is 2.26. The molecule has 2 N–H and O–H groups in total. The van der Waals surface area contributed by atoms with Crippen LogP contribution in [0.4, 0.5) is 0 Å². The van der Waals surface area contributed by atoms with Gasteiger partial charge < -0.3 is 10.2 Å². The summed E-state index contributed by atoms with van der Waals surface area (Å²) in [6, 6.07) is 7.24. The fourth-order valence-electron chi connectivity index (χ4n) is 1.58. The third-order valence-corrected chi connectivity index (χ3v) is 2.85. The van der Waals surface area contributed by atoms with Crippen molar-refractivity contribution in [1.82, 2.24) is 0 Å². The van der Waals surface area contributed by atoms with Crippen molar-refractivity contribution in [2.75, 3.05) is 6.61 Å². The van der Waals surface area contributed by atoms with Crippen molar-refractivity contribution in [3.8, 4) is 0 Å². The van der Waals surface area contributed by atoms with Gasteiger partial charge in [-0.1, -0.05) is 29.8 Å². The average molecular weight is 243 g/mol. The molecule has 0 bridgehead atoms. The number of carbonyl (C=O) groups is 1. The summed E-state index contributed by atoms with van der Waals surface area (Å²) < 4.78 is 0. The maximum atomic E-state index is 11.0. The van der Waals surface area contributed by atoms with Gasteiger partial charge in [-0.2, -0.15) is 0 Å². The van der Waals surface area contributed by atoms with Gasteiger partial charge in [-0.25, -0.2) is 0 Å². The van der Waals surface area contributed by atoms with Gasteiger partial charge in [0.1, 0.15) is 0 Å². The fraction of sp³-hybridized carbons (Fsp3) is 0.417. The van der Waals surface area contributed by atoms with Crippen LogP contribution in [0.5, 0.6) is 0 Å². The summed E-state index contributed by atoms with van der Waals surface area (Å²) in [4.78, 5) is 11.0. The van der Waals surface area contributed by atoms with E-state index in [9.17, 15) is 4.79 Å². The molecule has 1 unspecified atom stereocenters. The molecular formula is C12H15ClO3. The maximum absolute atomic E-state index is 11.0. The highest BCUT2D eigenvalue weighted by Crippen LogP contribution is 2.21. The molecular weight excluding hydrogens is 228 g/mol. The molecule has 0 saturated carbocycles. The van der Waals surface area contributed by atoms with E-state index in [-0.39, 0.29) is 6.61 Å². The van der Waals surface area contributed by atoms with Crippen LogP contribution in [0.3, 0.4) is 0 Å². The van der Waals surface area contributed by atoms with Crippen molar-refractivity contribution >= 4 is 17.6 Å². The summed E-state index contributed by atoms with van der Waals surface area (Å²) in [7, 11) is 0. The number of carboxylic acids is 1. The molecule has 0 aliphatic rings. The molecule has 0 spiro atoms. The second-order valence-electron chi connectivity index (χ2n) is 3.70. The molecule has 4 heteroatoms. The van der Waals surface area contributed by atoms with Crippen LogP contribution in [0, 0.1) is 5.92 Å². The first-order valence-corrected chi connectivity index (χ1v) is 5.60. The standard InChI is InChI=1S/C12H15ClO3/c13-11-6-2-1-4-9(11)8-10(12(15)16)5-3-7-14/h1-2,4,6,10,14H,3,5,7-8H2,(H,15,16). The predicted molar refractivity (Wildman–Crippen MR) is 62.6 cm³/mol. The lowest BCUT2D eigenvalue weighted by Crippen LogP contribution is -2.17. The van der Waals surface area contributed by atoms with Crippen LogP contribution < -0.4 is 0 Å². The van der Waals surface area contributed by atoms with Gasteiger partial charge in [0.2, 0.25) is 0 Å². The Morgan fingerprint density at radius 2 is 2.06 bits per heavy atom. The zero-order chi connectivity index (χ0) is 12.0. The molecule has 1 aromatic rings. The monoisotopic (exact) mass is 242 g/mol. The lowest BCUT2D eigenvalue weighted by Gasteiger charge is -2.12. The number of aliphatic hydroxyl groups is 1. The molecule has 0 radical (unpaired) electrons. The van der Waals surface area contributed by atoms with Crippen LogP contribution in [0.2, 0.25) is 5.02 Å². The topological polar surface area (TPSA) is 57.5 Å². The van der Waals surface area contributed by atoms with E-state index in [0.717, 1.165) is 5.56 Å². The van der Waals surface area contributed by atoms with E-state index in [1.807, 2.05) is 18.2 Å². The second kappa shape index (κ2) is 6.51. The largest absolute Gasteiger partial charge is 0.481 e. The van der Waals surface area contributed by atoms with Crippen molar-refractivity contribution < 1.29 is 15.0 Å². The molecule has 0 aliphatic carbocycles. The van der Waals surface area contributed by atoms with Gasteiger partial charge in [0, 0.05) is 11.6 Å². The molecule has 0 fully saturated rings. The van der Waals surface area contributed by atoms with Gasteiger partial charge in [0.15, 0.2) is 0 Å². The van der Waals surface area contributed by atoms with Crippen molar-refractivity contribution in [2.24, 2.45) is 5.92 Å². The van der Waals surface area contributed by atoms with Crippen LogP contribution >= 0.6 is 11.6 Å². The lowest BCUT2D eigenvalue weighted by atomic mass is 9.95. The number of carboxylic acid groups (broad SMARTS) is 1. The Morgan fingerprint density at radius 1 is 1.38 bits per heavy atom. The van der Waals surface area contributed by atoms with Gasteiger partial charge in [0.25, 0.3) is 0 Å². The van der Waals surface area contributed by atoms with Crippen molar-refractivity contribution in [2.45, 2.75) is 19.3 Å². The van der Waals surface area contributed by atoms with E-state index in [0.29, 0.717) is 24.3 Å². The fourth-order valence-corrected chi connectivity index (χ4v) is 1.79. The highest BCUT2D eigenvalue weighted by Gasteiger charge is 2.18. The highest BCUT2D eigenvalue weighted by atomic mass is 35.5. The smallest absolute Gasteiger partial charge is 0.306 e. The summed E-state index contributed by atoms with van der Waals surface area (Å²) in [6.07, 6.45) is 1.38. The first kappa shape index (κ1) is 13.0. The van der Waals surface area contributed by atoms with Gasteiger partial charge in [0.05, 0.1) is 5.92 Å². The number of halogens is 1. The number of rotatable bonds is 6. The molecule has 88 valence electrons. The molecule has 0 amide bonds. The summed E-state index contributed by atoms with van der Waals surface area (Å²) in [6.45, 7) is 0.0201. The van der Waals surface area contributed by atoms with Gasteiger partial charge >= 0.3 is 5.97 Å². The third-order valence-electron chi connectivity index (χ3n) is 2.48. The molecule has 16 heavy (non-hydrogen) atoms. The first-order chi connectivity index (χ1) is 7.65. The molecule has 0 heterocycles. The second-order valence-corrected chi connectivity index (χ2v) is 4.10. The van der Waals surface area contributed by atoms with E-state index in [4.69, 9.17) is 21.8 Å². The number of hydrogen-bond acceptors (Lipinski definition) is 2. The first-order valence-electron chi connectivity index (χ1n) is 5.22. The number of benzene rings is 1. The van der Waals surface area contributed by atoms with Crippen LogP contribution in [-0.4, -0.2) is 22.8 Å². The Morgan fingerprint density at radius 3 is 2.62 bits per heavy atom. The van der Waals surface area contributed by atoms with Crippen molar-refractivity contribution in [3.05, 3.63) is 34.9 Å². The number of aliphatic carboxylic acids is 1. The molecule has 0 aromatic heterocycles. The van der Waals surface area contributed by atoms with Crippen LogP contribution in [0.1, 0.15) is 18.4 Å². The Labute approximate surface area is 99.7 Å². The summed E-state index contributed by atoms with van der Waals surface area (Å²) >= 11 is 5.96. The molecule has 1 rings (SSSR count). The van der Waals surface area contributed by atoms with Crippen LogP contribution in [-0.2, 0) is 11.2 Å². The SMILES string of the molecule is O=C(O)C(CCCO)Cc1ccccc1Cl. The van der Waals surface area contributed by atoms with E-state index in [2.05, 4.69) is 0 Å². The lowest BCUT2D eigenvalue weighted by molar-refractivity contribution is -0.142. The van der Waals surface area contributed by atoms with Crippen LogP contribution in [0.25, 0.3) is 0 Å². The minimum atomic E-state index is -0.839. The zero-order valence-corrected chi connectivity index (χ0v) is 9.65. The normalized spacial score (nSPS) is 12.4. The van der Waals surface area contributed by atoms with Crippen molar-refractivity contribution in [1.29, 1.82) is 0 Å². The van der Waals surface area contributed by atoms with Gasteiger partial charge in [-0.05, 0) is 30.9 Å². The number of aliphatic hydroxyl groups excluding tert-OH is 1. The van der Waals surface area contributed by atoms with E-state index in [1.54, 1.807) is 6.07 Å². The minimum absolute atomic E-state index is 0.0201. The number of hydrogen-bond donors (Lipinski definition) is 2. The molecule has 3 nitrogen and oxygen atoms in total. The third kappa shape index (κ3) is 3.83. The molecule has 1 aromatic carbocycles. The van der Waals surface area contributed by atoms with E-state index in [1.165, 1.54) is 0 Å². The highest BCUT2D eigenvalue weighted by molar-refractivity contribution is 6.31. The van der Waals surface area contributed by atoms with Gasteiger partial charge in [-0.15, -0.1) is 0 Å². The Balaban J connectivity index is 2.68. The van der Waals surface area contributed by atoms with Gasteiger partial charge in [-0.3, -0.25) is 4.79 Å². The Kier molecular flexibility index (Phi) is 5.29. The van der Waals surface area contributed by atoms with Crippen LogP contribution in [0.15, 0.2) is 24.3 Å². The Hall–Kier alpha value is -1.06. The summed E-state index contributed by atoms with van der Waals surface area (Å²) in [5.41, 5.74) is 0.842. The predicted octanol–water partition coefficient (Wildman–Crippen LogP) is 2.36. The summed E-state index contributed by atoms with van der Waals surface area (Å²) in [5.74, 6) is -1.32. The Bertz CT molecular complexity index is 352. The molecule has 1 atom stereocenters. The van der Waals surface area contributed by atoms with E-state index < -0.39 is 11.9 Å². The van der Waals surface area contributed by atoms with Crippen molar-refractivity contribution in [3.63, 3.8) is 0 Å². The molecule has 0 aliphatic heterocycles. The maximum Gasteiger partial charge on any atom is 0.306 e. The quantitative estimate of drug-likeness (QED) is 0.805. The summed E-state index contributed by atoms with van der Waals surface area (Å²) in [5, 5.41) is 18.3. The van der Waals surface area contributed by atoms with E-state index >= 15 is 0 Å². The minimum Gasteiger partial charge on any atom is -0.481 e. The zero-order valence-electron chi connectivity index (χ0n) is 8.90. The molecule has 0 saturated heterocycles.